The van der Waals surface area contributed by atoms with E-state index in [4.69, 9.17) is 0 Å². The van der Waals surface area contributed by atoms with Crippen LogP contribution in [-0.2, 0) is 6.42 Å². The van der Waals surface area contributed by atoms with Gasteiger partial charge in [0.15, 0.2) is 0 Å². The maximum absolute atomic E-state index is 3.87. The molecule has 0 saturated heterocycles. The lowest BCUT2D eigenvalue weighted by Gasteiger charge is -1.84. The number of rotatable bonds is 3. The molecule has 0 atom stereocenters. The van der Waals surface area contributed by atoms with Crippen molar-refractivity contribution in [2.75, 3.05) is 0 Å². The molecular weight excluding hydrogens is 132 g/mol. The molecule has 0 fully saturated rings. The van der Waals surface area contributed by atoms with Crippen molar-refractivity contribution in [1.82, 2.24) is 9.59 Å². The second-order valence-corrected chi connectivity index (χ2v) is 2.33. The van der Waals surface area contributed by atoms with Gasteiger partial charge in [-0.2, -0.15) is 0 Å². The monoisotopic (exact) mass is 140 g/mol. The Morgan fingerprint density at radius 3 is 3.22 bits per heavy atom. The molecule has 2 nitrogen and oxygen atoms in total. The molecule has 48 valence electrons. The third-order valence-electron chi connectivity index (χ3n) is 1.01. The number of nitrogens with zero attached hydrogens (tertiary/aromatic N) is 2. The Kier molecular flexibility index (Phi) is 2.39. The highest BCUT2D eigenvalue weighted by atomic mass is 32.1. The highest BCUT2D eigenvalue weighted by Gasteiger charge is 1.91. The zero-order valence-electron chi connectivity index (χ0n) is 5.08. The smallest absolute Gasteiger partial charge is 0.0758 e. The summed E-state index contributed by atoms with van der Waals surface area (Å²) < 4.78 is 3.73. The first kappa shape index (κ1) is 6.42. The Bertz CT molecular complexity index is 169. The molecule has 0 aliphatic rings. The minimum absolute atomic E-state index is 0.972. The van der Waals surface area contributed by atoms with Gasteiger partial charge >= 0.3 is 0 Å². The molecule has 0 aromatic carbocycles. The molecule has 3 heteroatoms. The summed E-state index contributed by atoms with van der Waals surface area (Å²) in [5.74, 6) is 0. The van der Waals surface area contributed by atoms with E-state index in [1.54, 1.807) is 0 Å². The lowest BCUT2D eigenvalue weighted by Crippen LogP contribution is -1.81. The summed E-state index contributed by atoms with van der Waals surface area (Å²) in [6.45, 7) is 3.62. The number of hydrogen-bond donors (Lipinski definition) is 0. The third-order valence-corrected chi connectivity index (χ3v) is 1.56. The Morgan fingerprint density at radius 1 is 1.78 bits per heavy atom. The van der Waals surface area contributed by atoms with E-state index in [1.807, 2.05) is 11.5 Å². The maximum atomic E-state index is 3.87. The van der Waals surface area contributed by atoms with Crippen LogP contribution in [0.5, 0.6) is 0 Å². The van der Waals surface area contributed by atoms with E-state index in [0.29, 0.717) is 0 Å². The van der Waals surface area contributed by atoms with Gasteiger partial charge in [-0.3, -0.25) is 0 Å². The summed E-state index contributed by atoms with van der Waals surface area (Å²) in [6, 6.07) is 0. The van der Waals surface area contributed by atoms with Crippen LogP contribution in [0.1, 0.15) is 12.1 Å². The largest absolute Gasteiger partial charge is 0.143 e. The van der Waals surface area contributed by atoms with Crippen molar-refractivity contribution in [2.45, 2.75) is 12.8 Å². The van der Waals surface area contributed by atoms with E-state index in [1.165, 1.54) is 11.5 Å². The first-order valence-electron chi connectivity index (χ1n) is 2.80. The van der Waals surface area contributed by atoms with Gasteiger partial charge in [0, 0.05) is 5.38 Å². The number of allylic oxidation sites excluding steroid dienone is 1. The van der Waals surface area contributed by atoms with Gasteiger partial charge in [-0.25, -0.2) is 0 Å². The van der Waals surface area contributed by atoms with E-state index < -0.39 is 0 Å². The molecule has 0 unspecified atom stereocenters. The van der Waals surface area contributed by atoms with Crippen LogP contribution in [0, 0.1) is 0 Å². The molecule has 1 heterocycles. The van der Waals surface area contributed by atoms with Crippen molar-refractivity contribution in [2.24, 2.45) is 0 Å². The molecule has 1 aromatic heterocycles. The standard InChI is InChI=1S/C6H8N2S/c1-2-3-4-6-5-9-8-7-6/h2,5H,1,3-4H2. The number of aryl methyl sites for hydroxylation is 1. The van der Waals surface area contributed by atoms with Gasteiger partial charge in [0.2, 0.25) is 0 Å². The fraction of sp³-hybridized carbons (Fsp3) is 0.333. The fourth-order valence-corrected chi connectivity index (χ4v) is 1.03. The van der Waals surface area contributed by atoms with Gasteiger partial charge in [0.1, 0.15) is 0 Å². The first-order chi connectivity index (χ1) is 4.43. The van der Waals surface area contributed by atoms with Gasteiger partial charge in [-0.15, -0.1) is 11.7 Å². The van der Waals surface area contributed by atoms with Gasteiger partial charge in [-0.05, 0) is 24.4 Å². The molecule has 1 rings (SSSR count). The Labute approximate surface area is 58.4 Å². The predicted molar refractivity (Wildman–Crippen MR) is 38.4 cm³/mol. The van der Waals surface area contributed by atoms with Crippen molar-refractivity contribution in [3.05, 3.63) is 23.7 Å². The molecule has 0 aliphatic heterocycles. The first-order valence-corrected chi connectivity index (χ1v) is 3.64. The molecule has 9 heavy (non-hydrogen) atoms. The van der Waals surface area contributed by atoms with E-state index in [9.17, 15) is 0 Å². The van der Waals surface area contributed by atoms with Crippen LogP contribution in [0.4, 0.5) is 0 Å². The van der Waals surface area contributed by atoms with Crippen LogP contribution in [0.3, 0.4) is 0 Å². The highest BCUT2D eigenvalue weighted by molar-refractivity contribution is 7.03. The minimum Gasteiger partial charge on any atom is -0.143 e. The number of aromatic nitrogens is 2. The van der Waals surface area contributed by atoms with E-state index >= 15 is 0 Å². The molecule has 0 bridgehead atoms. The van der Waals surface area contributed by atoms with Crippen LogP contribution in [-0.4, -0.2) is 9.59 Å². The molecule has 0 amide bonds. The normalized spacial score (nSPS) is 9.33. The van der Waals surface area contributed by atoms with Crippen molar-refractivity contribution in [1.29, 1.82) is 0 Å². The van der Waals surface area contributed by atoms with Gasteiger partial charge in [-0.1, -0.05) is 10.6 Å². The van der Waals surface area contributed by atoms with E-state index in [0.717, 1.165) is 18.5 Å². The van der Waals surface area contributed by atoms with Crippen LogP contribution in [0.2, 0.25) is 0 Å². The fourth-order valence-electron chi connectivity index (χ4n) is 0.543. The SMILES string of the molecule is C=CCCc1csnn1. The Morgan fingerprint density at radius 2 is 2.67 bits per heavy atom. The Balaban J connectivity index is 2.38. The molecule has 0 spiro atoms. The van der Waals surface area contributed by atoms with Crippen molar-refractivity contribution in [3.8, 4) is 0 Å². The van der Waals surface area contributed by atoms with Crippen LogP contribution >= 0.6 is 11.5 Å². The molecule has 0 N–H and O–H groups in total. The molecule has 0 aliphatic carbocycles. The maximum Gasteiger partial charge on any atom is 0.0758 e. The summed E-state index contributed by atoms with van der Waals surface area (Å²) >= 11 is 1.39. The van der Waals surface area contributed by atoms with Crippen LogP contribution < -0.4 is 0 Å². The predicted octanol–water partition coefficient (Wildman–Crippen LogP) is 1.66. The van der Waals surface area contributed by atoms with Crippen molar-refractivity contribution < 1.29 is 0 Å². The summed E-state index contributed by atoms with van der Waals surface area (Å²) in [6.07, 6.45) is 3.85. The topological polar surface area (TPSA) is 25.8 Å². The van der Waals surface area contributed by atoms with E-state index in [-0.39, 0.29) is 0 Å². The van der Waals surface area contributed by atoms with Gasteiger partial charge < -0.3 is 0 Å². The summed E-state index contributed by atoms with van der Waals surface area (Å²) in [7, 11) is 0. The molecule has 0 saturated carbocycles. The minimum atomic E-state index is 0.972. The van der Waals surface area contributed by atoms with Gasteiger partial charge in [0.25, 0.3) is 0 Å². The lowest BCUT2D eigenvalue weighted by molar-refractivity contribution is 0.923. The lowest BCUT2D eigenvalue weighted by atomic mass is 10.3. The molecule has 1 aromatic rings. The molecular formula is C6H8N2S. The van der Waals surface area contributed by atoms with E-state index in [2.05, 4.69) is 16.2 Å². The summed E-state index contributed by atoms with van der Waals surface area (Å²) in [5, 5.41) is 5.84. The third kappa shape index (κ3) is 1.93. The van der Waals surface area contributed by atoms with Crippen molar-refractivity contribution >= 4 is 11.5 Å². The highest BCUT2D eigenvalue weighted by Crippen LogP contribution is 2.00. The summed E-state index contributed by atoms with van der Waals surface area (Å²) in [4.78, 5) is 0. The second kappa shape index (κ2) is 3.35. The zero-order valence-corrected chi connectivity index (χ0v) is 5.90. The summed E-state index contributed by atoms with van der Waals surface area (Å²) in [5.41, 5.74) is 1.07. The quantitative estimate of drug-likeness (QED) is 0.597. The zero-order chi connectivity index (χ0) is 6.53. The van der Waals surface area contributed by atoms with Crippen LogP contribution in [0.15, 0.2) is 18.0 Å². The number of hydrogen-bond acceptors (Lipinski definition) is 3. The van der Waals surface area contributed by atoms with Crippen molar-refractivity contribution in [3.63, 3.8) is 0 Å². The second-order valence-electron chi connectivity index (χ2n) is 1.72. The molecule has 0 radical (unpaired) electrons. The van der Waals surface area contributed by atoms with Crippen LogP contribution in [0.25, 0.3) is 0 Å². The average molecular weight is 140 g/mol. The average Bonchev–Trinajstić information content (AvgIpc) is 2.34. The van der Waals surface area contributed by atoms with Gasteiger partial charge in [0.05, 0.1) is 5.69 Å². The Hall–Kier alpha value is -0.700.